The summed E-state index contributed by atoms with van der Waals surface area (Å²) < 4.78 is 16.2. The Bertz CT molecular complexity index is 1600. The molecular weight excluding hydrogens is 550 g/mol. The minimum atomic E-state index is 0.240. The van der Waals surface area contributed by atoms with Crippen molar-refractivity contribution in [3.8, 4) is 28.6 Å². The normalized spacial score (nSPS) is 12.2. The molecule has 1 aliphatic rings. The van der Waals surface area contributed by atoms with E-state index < -0.39 is 0 Å². The van der Waals surface area contributed by atoms with Crippen LogP contribution in [0.4, 0.5) is 0 Å². The third-order valence-electron chi connectivity index (χ3n) is 7.08. The van der Waals surface area contributed by atoms with Crippen LogP contribution in [0.2, 0.25) is 0 Å². The molecule has 6 rings (SSSR count). The van der Waals surface area contributed by atoms with Gasteiger partial charge in [0.25, 0.3) is 0 Å². The topological polar surface area (TPSA) is 49.2 Å². The molecule has 0 radical (unpaired) electrons. The number of aryl methyl sites for hydroxylation is 2. The van der Waals surface area contributed by atoms with Gasteiger partial charge in [0, 0.05) is 17.0 Å². The predicted molar refractivity (Wildman–Crippen MR) is 158 cm³/mol. The van der Waals surface area contributed by atoms with E-state index in [4.69, 9.17) is 14.6 Å². The zero-order valence-corrected chi connectivity index (χ0v) is 23.7. The summed E-state index contributed by atoms with van der Waals surface area (Å²) in [4.78, 5) is 0. The summed E-state index contributed by atoms with van der Waals surface area (Å²) in [6, 6.07) is 31.1. The summed E-state index contributed by atoms with van der Waals surface area (Å²) in [6.45, 7) is 5.30. The third-order valence-corrected chi connectivity index (χ3v) is 7.57. The maximum atomic E-state index is 6.50. The summed E-state index contributed by atoms with van der Waals surface area (Å²) in [6.07, 6.45) is 1.78. The zero-order chi connectivity index (χ0) is 26.8. The number of ether oxygens (including phenoxy) is 2. The standard InChI is InChI=1S/C33H30BrN3O2/c1-22(2)27-18-28(33-36-35-32-16-13-25-17-26(34)14-15-29(25)37(32)33)31(39-21-24-11-7-4-8-12-24)19-30(27)38-20-23-9-5-3-6-10-23/h3-12,14-15,17-19,22H,13,16,20-21H2,1-2H3. The number of rotatable bonds is 8. The fraction of sp³-hybridized carbons (Fsp3) is 0.212. The average Bonchev–Trinajstić information content (AvgIpc) is 3.40. The number of fused-ring (bicyclic) bond motifs is 3. The Morgan fingerprint density at radius 3 is 2.10 bits per heavy atom. The lowest BCUT2D eigenvalue weighted by atomic mass is 9.97. The number of hydrogen-bond acceptors (Lipinski definition) is 4. The molecule has 6 heteroatoms. The van der Waals surface area contributed by atoms with Gasteiger partial charge >= 0.3 is 0 Å². The van der Waals surface area contributed by atoms with Crippen LogP contribution in [0.3, 0.4) is 0 Å². The molecule has 0 spiro atoms. The van der Waals surface area contributed by atoms with Crippen LogP contribution < -0.4 is 9.47 Å². The van der Waals surface area contributed by atoms with Gasteiger partial charge in [-0.05, 0) is 58.9 Å². The molecule has 0 aliphatic carbocycles. The summed E-state index contributed by atoms with van der Waals surface area (Å²) in [5.74, 6) is 3.54. The Labute approximate surface area is 237 Å². The SMILES string of the molecule is CC(C)c1cc(-c2nnc3n2-c2ccc(Br)cc2CC3)c(OCc2ccccc2)cc1OCc1ccccc1. The molecule has 0 saturated heterocycles. The van der Waals surface area contributed by atoms with E-state index >= 15 is 0 Å². The molecule has 0 saturated carbocycles. The van der Waals surface area contributed by atoms with Crippen molar-refractivity contribution in [2.75, 3.05) is 0 Å². The van der Waals surface area contributed by atoms with Gasteiger partial charge in [-0.2, -0.15) is 0 Å². The quantitative estimate of drug-likeness (QED) is 0.186. The van der Waals surface area contributed by atoms with E-state index in [1.54, 1.807) is 0 Å². The lowest BCUT2D eigenvalue weighted by Gasteiger charge is -2.22. The largest absolute Gasteiger partial charge is 0.488 e. The molecule has 0 bridgehead atoms. The van der Waals surface area contributed by atoms with Gasteiger partial charge in [0.15, 0.2) is 5.82 Å². The van der Waals surface area contributed by atoms with Crippen LogP contribution in [0.5, 0.6) is 11.5 Å². The van der Waals surface area contributed by atoms with Crippen molar-refractivity contribution in [1.29, 1.82) is 0 Å². The summed E-state index contributed by atoms with van der Waals surface area (Å²) in [7, 11) is 0. The minimum Gasteiger partial charge on any atom is -0.488 e. The smallest absolute Gasteiger partial charge is 0.172 e. The van der Waals surface area contributed by atoms with Gasteiger partial charge in [-0.1, -0.05) is 90.4 Å². The van der Waals surface area contributed by atoms with Gasteiger partial charge in [-0.3, -0.25) is 4.57 Å². The molecule has 1 aromatic heterocycles. The Balaban J connectivity index is 1.46. The Morgan fingerprint density at radius 2 is 1.44 bits per heavy atom. The summed E-state index contributed by atoms with van der Waals surface area (Å²) in [5.41, 5.74) is 6.63. The summed E-state index contributed by atoms with van der Waals surface area (Å²) >= 11 is 3.63. The lowest BCUT2D eigenvalue weighted by molar-refractivity contribution is 0.288. The molecule has 0 fully saturated rings. The van der Waals surface area contributed by atoms with E-state index in [-0.39, 0.29) is 5.92 Å². The van der Waals surface area contributed by atoms with E-state index in [2.05, 4.69) is 88.0 Å². The highest BCUT2D eigenvalue weighted by molar-refractivity contribution is 9.10. The Hall–Kier alpha value is -3.90. The van der Waals surface area contributed by atoms with Crippen molar-refractivity contribution in [2.24, 2.45) is 0 Å². The van der Waals surface area contributed by atoms with Crippen LogP contribution in [0.15, 0.2) is 95.5 Å². The first-order valence-electron chi connectivity index (χ1n) is 13.3. The lowest BCUT2D eigenvalue weighted by Crippen LogP contribution is -2.13. The van der Waals surface area contributed by atoms with Crippen LogP contribution in [-0.4, -0.2) is 14.8 Å². The zero-order valence-electron chi connectivity index (χ0n) is 22.1. The maximum absolute atomic E-state index is 6.50. The first-order chi connectivity index (χ1) is 19.1. The van der Waals surface area contributed by atoms with Gasteiger partial charge in [0.1, 0.15) is 30.5 Å². The van der Waals surface area contributed by atoms with Gasteiger partial charge in [-0.25, -0.2) is 0 Å². The van der Waals surface area contributed by atoms with Gasteiger partial charge in [0.2, 0.25) is 0 Å². The van der Waals surface area contributed by atoms with Gasteiger partial charge in [-0.15, -0.1) is 10.2 Å². The highest BCUT2D eigenvalue weighted by atomic mass is 79.9. The third kappa shape index (κ3) is 5.34. The van der Waals surface area contributed by atoms with Crippen molar-refractivity contribution in [3.05, 3.63) is 124 Å². The molecule has 0 unspecified atom stereocenters. The summed E-state index contributed by atoms with van der Waals surface area (Å²) in [5, 5.41) is 9.31. The van der Waals surface area contributed by atoms with E-state index in [0.29, 0.717) is 13.2 Å². The van der Waals surface area contributed by atoms with Crippen LogP contribution in [0, 0.1) is 0 Å². The predicted octanol–water partition coefficient (Wildman–Crippen LogP) is 8.08. The molecule has 0 atom stereocenters. The minimum absolute atomic E-state index is 0.240. The van der Waals surface area contributed by atoms with Crippen LogP contribution >= 0.6 is 15.9 Å². The van der Waals surface area contributed by atoms with Crippen molar-refractivity contribution in [2.45, 2.75) is 45.8 Å². The van der Waals surface area contributed by atoms with Crippen molar-refractivity contribution < 1.29 is 9.47 Å². The van der Waals surface area contributed by atoms with E-state index in [0.717, 1.165) is 68.4 Å². The van der Waals surface area contributed by atoms with E-state index in [1.165, 1.54) is 5.56 Å². The molecule has 39 heavy (non-hydrogen) atoms. The Kier molecular flexibility index (Phi) is 7.20. The number of benzene rings is 4. The molecule has 5 nitrogen and oxygen atoms in total. The van der Waals surface area contributed by atoms with Gasteiger partial charge < -0.3 is 9.47 Å². The molecule has 4 aromatic carbocycles. The number of nitrogens with zero attached hydrogens (tertiary/aromatic N) is 3. The van der Waals surface area contributed by atoms with Crippen LogP contribution in [-0.2, 0) is 26.1 Å². The second-order valence-electron chi connectivity index (χ2n) is 10.1. The number of halogens is 1. The Morgan fingerprint density at radius 1 is 0.769 bits per heavy atom. The number of aromatic nitrogens is 3. The van der Waals surface area contributed by atoms with Crippen molar-refractivity contribution in [3.63, 3.8) is 0 Å². The molecule has 0 N–H and O–H groups in total. The first-order valence-corrected chi connectivity index (χ1v) is 14.1. The molecule has 0 amide bonds. The number of hydrogen-bond donors (Lipinski definition) is 0. The first kappa shape index (κ1) is 25.4. The molecule has 5 aromatic rings. The maximum Gasteiger partial charge on any atom is 0.172 e. The van der Waals surface area contributed by atoms with E-state index in [1.807, 2.05) is 42.5 Å². The highest BCUT2D eigenvalue weighted by Gasteiger charge is 2.26. The monoisotopic (exact) mass is 579 g/mol. The second kappa shape index (κ2) is 11.1. The molecule has 1 aliphatic heterocycles. The fourth-order valence-electron chi connectivity index (χ4n) is 5.04. The average molecular weight is 581 g/mol. The van der Waals surface area contributed by atoms with Crippen molar-refractivity contribution >= 4 is 15.9 Å². The second-order valence-corrected chi connectivity index (χ2v) is 11.1. The van der Waals surface area contributed by atoms with Crippen molar-refractivity contribution in [1.82, 2.24) is 14.8 Å². The van der Waals surface area contributed by atoms with Crippen LogP contribution in [0.1, 0.15) is 47.8 Å². The van der Waals surface area contributed by atoms with Gasteiger partial charge in [0.05, 0.1) is 11.3 Å². The molecule has 196 valence electrons. The van der Waals surface area contributed by atoms with E-state index in [9.17, 15) is 0 Å². The molecule has 2 heterocycles. The molecular formula is C33H30BrN3O2. The highest BCUT2D eigenvalue weighted by Crippen LogP contribution is 2.41. The fourth-order valence-corrected chi connectivity index (χ4v) is 5.45. The van der Waals surface area contributed by atoms with Crippen LogP contribution in [0.25, 0.3) is 17.1 Å².